The van der Waals surface area contributed by atoms with E-state index in [0.717, 1.165) is 0 Å². The molecule has 1 aliphatic rings. The Morgan fingerprint density at radius 2 is 1.72 bits per heavy atom. The average molecular weight is 406 g/mol. The summed E-state index contributed by atoms with van der Waals surface area (Å²) in [5, 5.41) is 14.5. The van der Waals surface area contributed by atoms with Gasteiger partial charge in [-0.15, -0.1) is 0 Å². The number of benzene rings is 1. The molecule has 9 heteroatoms. The van der Waals surface area contributed by atoms with E-state index in [-0.39, 0.29) is 6.61 Å². The van der Waals surface area contributed by atoms with Gasteiger partial charge >= 0.3 is 18.0 Å². The predicted octanol–water partition coefficient (Wildman–Crippen LogP) is 2.03. The van der Waals surface area contributed by atoms with Crippen LogP contribution in [0.15, 0.2) is 30.3 Å². The molecule has 0 aromatic heterocycles. The summed E-state index contributed by atoms with van der Waals surface area (Å²) in [7, 11) is 0. The molecule has 1 aromatic rings. The SMILES string of the molecule is CCOC(=O)C1C(C(=O)Nc2ccccc2)C1C(NC(=O)OC(C)(C)C)C(=O)O. The van der Waals surface area contributed by atoms with Crippen LogP contribution in [0.4, 0.5) is 10.5 Å². The number of hydrogen-bond acceptors (Lipinski definition) is 6. The molecule has 0 radical (unpaired) electrons. The standard InChI is InChI=1S/C20H26N2O7/c1-5-28-18(26)14-12(13(14)16(23)21-11-9-7-6-8-10-11)15(17(24)25)22-19(27)29-20(2,3)4/h6-10,12-15H,5H2,1-4H3,(H,21,23)(H,22,27)(H,24,25). The van der Waals surface area contributed by atoms with Crippen LogP contribution in [0, 0.1) is 17.8 Å². The summed E-state index contributed by atoms with van der Waals surface area (Å²) < 4.78 is 10.1. The number of carbonyl (C=O) groups excluding carboxylic acids is 3. The van der Waals surface area contributed by atoms with Crippen molar-refractivity contribution in [2.45, 2.75) is 39.3 Å². The van der Waals surface area contributed by atoms with Crippen molar-refractivity contribution >= 4 is 29.6 Å². The zero-order valence-corrected chi connectivity index (χ0v) is 16.8. The van der Waals surface area contributed by atoms with Crippen LogP contribution >= 0.6 is 0 Å². The maximum absolute atomic E-state index is 12.7. The zero-order chi connectivity index (χ0) is 21.8. The van der Waals surface area contributed by atoms with Crippen molar-refractivity contribution in [3.8, 4) is 0 Å². The Kier molecular flexibility index (Phi) is 6.84. The molecule has 1 aromatic carbocycles. The molecule has 2 rings (SSSR count). The number of hydrogen-bond donors (Lipinski definition) is 3. The summed E-state index contributed by atoms with van der Waals surface area (Å²) in [5.41, 5.74) is -0.320. The van der Waals surface area contributed by atoms with Crippen LogP contribution in [0.2, 0.25) is 0 Å². The van der Waals surface area contributed by atoms with Gasteiger partial charge in [0.1, 0.15) is 11.6 Å². The van der Waals surface area contributed by atoms with Crippen LogP contribution in [-0.4, -0.2) is 47.3 Å². The smallest absolute Gasteiger partial charge is 0.408 e. The molecule has 29 heavy (non-hydrogen) atoms. The minimum atomic E-state index is -1.48. The lowest BCUT2D eigenvalue weighted by atomic mass is 10.1. The number of rotatable bonds is 7. The van der Waals surface area contributed by atoms with Gasteiger partial charge in [-0.05, 0) is 39.8 Å². The summed E-state index contributed by atoms with van der Waals surface area (Å²) >= 11 is 0. The Hall–Kier alpha value is -3.10. The number of anilines is 1. The molecule has 0 spiro atoms. The summed E-state index contributed by atoms with van der Waals surface area (Å²) in [6.07, 6.45) is -0.943. The Bertz CT molecular complexity index is 773. The highest BCUT2D eigenvalue weighted by Crippen LogP contribution is 2.50. The summed E-state index contributed by atoms with van der Waals surface area (Å²) in [6, 6.07) is 7.10. The number of para-hydroxylation sites is 1. The fourth-order valence-electron chi connectivity index (χ4n) is 3.13. The minimum absolute atomic E-state index is 0.0896. The van der Waals surface area contributed by atoms with Gasteiger partial charge in [0, 0.05) is 11.6 Å². The van der Waals surface area contributed by atoms with Gasteiger partial charge in [0.25, 0.3) is 0 Å². The van der Waals surface area contributed by atoms with Crippen LogP contribution < -0.4 is 10.6 Å². The van der Waals surface area contributed by atoms with Crippen LogP contribution in [0.25, 0.3) is 0 Å². The van der Waals surface area contributed by atoms with Crippen molar-refractivity contribution < 1.29 is 33.8 Å². The molecule has 0 bridgehead atoms. The second kappa shape index (κ2) is 8.93. The van der Waals surface area contributed by atoms with E-state index in [0.29, 0.717) is 5.69 Å². The second-order valence-electron chi connectivity index (χ2n) is 7.70. The fraction of sp³-hybridized carbons (Fsp3) is 0.500. The zero-order valence-electron chi connectivity index (χ0n) is 16.8. The average Bonchev–Trinajstić information content (AvgIpc) is 3.34. The quantitative estimate of drug-likeness (QED) is 0.591. The lowest BCUT2D eigenvalue weighted by molar-refractivity contribution is -0.146. The molecule has 158 valence electrons. The molecule has 3 N–H and O–H groups in total. The maximum Gasteiger partial charge on any atom is 0.408 e. The van der Waals surface area contributed by atoms with Gasteiger partial charge in [0.2, 0.25) is 5.91 Å². The number of carboxylic acid groups (broad SMARTS) is 1. The Balaban J connectivity index is 2.19. The lowest BCUT2D eigenvalue weighted by Gasteiger charge is -2.22. The number of nitrogens with one attached hydrogen (secondary N) is 2. The Morgan fingerprint density at radius 3 is 2.24 bits per heavy atom. The topological polar surface area (TPSA) is 131 Å². The molecular weight excluding hydrogens is 380 g/mol. The third kappa shape index (κ3) is 5.94. The molecule has 9 nitrogen and oxygen atoms in total. The van der Waals surface area contributed by atoms with Crippen molar-refractivity contribution in [2.75, 3.05) is 11.9 Å². The first-order valence-electron chi connectivity index (χ1n) is 9.30. The summed E-state index contributed by atoms with van der Waals surface area (Å²) in [5.74, 6) is -5.45. The number of esters is 1. The molecule has 0 heterocycles. The molecule has 1 fully saturated rings. The highest BCUT2D eigenvalue weighted by Gasteiger charge is 2.65. The number of carbonyl (C=O) groups is 4. The van der Waals surface area contributed by atoms with E-state index in [1.165, 1.54) is 0 Å². The van der Waals surface area contributed by atoms with Gasteiger partial charge in [-0.2, -0.15) is 0 Å². The van der Waals surface area contributed by atoms with Crippen molar-refractivity contribution in [1.29, 1.82) is 0 Å². The van der Waals surface area contributed by atoms with E-state index in [1.807, 2.05) is 0 Å². The van der Waals surface area contributed by atoms with Gasteiger partial charge in [-0.1, -0.05) is 18.2 Å². The van der Waals surface area contributed by atoms with Crippen LogP contribution in [0.3, 0.4) is 0 Å². The van der Waals surface area contributed by atoms with Crippen LogP contribution in [0.5, 0.6) is 0 Å². The Labute approximate surface area is 168 Å². The largest absolute Gasteiger partial charge is 0.480 e. The molecular formula is C20H26N2O7. The Morgan fingerprint density at radius 1 is 1.10 bits per heavy atom. The first-order chi connectivity index (χ1) is 13.5. The molecule has 0 saturated heterocycles. The number of alkyl carbamates (subject to hydrolysis) is 1. The molecule has 1 saturated carbocycles. The second-order valence-corrected chi connectivity index (χ2v) is 7.70. The number of ether oxygens (including phenoxy) is 2. The number of carboxylic acids is 1. The molecule has 2 amide bonds. The van der Waals surface area contributed by atoms with Gasteiger partial charge in [-0.25, -0.2) is 9.59 Å². The first-order valence-corrected chi connectivity index (χ1v) is 9.30. The van der Waals surface area contributed by atoms with Crippen molar-refractivity contribution in [1.82, 2.24) is 5.32 Å². The summed E-state index contributed by atoms with van der Waals surface area (Å²) in [4.78, 5) is 48.8. The molecule has 4 atom stereocenters. The third-order valence-corrected chi connectivity index (χ3v) is 4.30. The first kappa shape index (κ1) is 22.2. The fourth-order valence-corrected chi connectivity index (χ4v) is 3.13. The van der Waals surface area contributed by atoms with E-state index < -0.39 is 53.3 Å². The third-order valence-electron chi connectivity index (χ3n) is 4.30. The van der Waals surface area contributed by atoms with Crippen molar-refractivity contribution in [3.05, 3.63) is 30.3 Å². The lowest BCUT2D eigenvalue weighted by Crippen LogP contribution is -2.46. The highest BCUT2D eigenvalue weighted by atomic mass is 16.6. The summed E-state index contributed by atoms with van der Waals surface area (Å²) in [6.45, 7) is 6.61. The van der Waals surface area contributed by atoms with E-state index >= 15 is 0 Å². The normalized spacial score (nSPS) is 21.4. The van der Waals surface area contributed by atoms with Crippen LogP contribution in [-0.2, 0) is 23.9 Å². The molecule has 0 aliphatic heterocycles. The highest BCUT2D eigenvalue weighted by molar-refractivity contribution is 6.00. The van der Waals surface area contributed by atoms with E-state index in [4.69, 9.17) is 9.47 Å². The molecule has 4 unspecified atom stereocenters. The van der Waals surface area contributed by atoms with Gasteiger partial charge in [0.05, 0.1) is 18.4 Å². The minimum Gasteiger partial charge on any atom is -0.480 e. The predicted molar refractivity (Wildman–Crippen MR) is 103 cm³/mol. The number of amides is 2. The molecule has 1 aliphatic carbocycles. The van der Waals surface area contributed by atoms with E-state index in [2.05, 4.69) is 10.6 Å². The van der Waals surface area contributed by atoms with Crippen LogP contribution in [0.1, 0.15) is 27.7 Å². The monoisotopic (exact) mass is 406 g/mol. The van der Waals surface area contributed by atoms with Crippen molar-refractivity contribution in [2.24, 2.45) is 17.8 Å². The number of aliphatic carboxylic acids is 1. The van der Waals surface area contributed by atoms with Crippen molar-refractivity contribution in [3.63, 3.8) is 0 Å². The van der Waals surface area contributed by atoms with E-state index in [1.54, 1.807) is 58.0 Å². The van der Waals surface area contributed by atoms with Gasteiger partial charge in [-0.3, -0.25) is 9.59 Å². The van der Waals surface area contributed by atoms with E-state index in [9.17, 15) is 24.3 Å². The van der Waals surface area contributed by atoms with Gasteiger partial charge < -0.3 is 25.2 Å². The maximum atomic E-state index is 12.7. The van der Waals surface area contributed by atoms with Gasteiger partial charge in [0.15, 0.2) is 0 Å².